The van der Waals surface area contributed by atoms with Gasteiger partial charge in [-0.15, -0.1) is 0 Å². The van der Waals surface area contributed by atoms with E-state index in [0.29, 0.717) is 22.8 Å². The molecule has 12 heteroatoms. The van der Waals surface area contributed by atoms with Crippen LogP contribution in [-0.4, -0.2) is 71.3 Å². The third kappa shape index (κ3) is 5.45. The molecule has 2 atom stereocenters. The number of aromatic nitrogens is 3. The maximum Gasteiger partial charge on any atom is 0.419 e. The van der Waals surface area contributed by atoms with Gasteiger partial charge in [-0.05, 0) is 58.2 Å². The van der Waals surface area contributed by atoms with Crippen molar-refractivity contribution in [2.75, 3.05) is 44.8 Å². The molecule has 5 heterocycles. The lowest BCUT2D eigenvalue weighted by Crippen LogP contribution is -2.36. The number of benzene rings is 1. The van der Waals surface area contributed by atoms with Gasteiger partial charge >= 0.3 is 6.18 Å². The number of hydrogen-bond donors (Lipinski definition) is 3. The molecule has 3 aliphatic rings. The summed E-state index contributed by atoms with van der Waals surface area (Å²) in [5.41, 5.74) is -0.374. The van der Waals surface area contributed by atoms with Crippen molar-refractivity contribution in [2.24, 2.45) is 0 Å². The van der Waals surface area contributed by atoms with Crippen LogP contribution in [0.25, 0.3) is 22.2 Å². The maximum absolute atomic E-state index is 14.1. The van der Waals surface area contributed by atoms with E-state index in [1.807, 2.05) is 0 Å². The molecule has 8 nitrogen and oxygen atoms in total. The topological polar surface area (TPSA) is 103 Å². The molecular weight excluding hydrogens is 516 g/mol. The zero-order valence-corrected chi connectivity index (χ0v) is 22.4. The number of fused-ring (bicyclic) bond motifs is 6. The van der Waals surface area contributed by atoms with E-state index in [1.54, 1.807) is 25.5 Å². The van der Waals surface area contributed by atoms with Gasteiger partial charge in [-0.3, -0.25) is 4.79 Å². The zero-order chi connectivity index (χ0) is 27.1. The minimum absolute atomic E-state index is 0.00358. The molecule has 0 saturated carbocycles. The van der Waals surface area contributed by atoms with Gasteiger partial charge in [0.2, 0.25) is 5.95 Å². The molecule has 0 radical (unpaired) electrons. The van der Waals surface area contributed by atoms with Crippen LogP contribution in [0.4, 0.5) is 19.1 Å². The Balaban J connectivity index is 1.70. The Bertz CT molecular complexity index is 1400. The number of alkyl halides is 3. The van der Waals surface area contributed by atoms with E-state index in [2.05, 4.69) is 30.5 Å². The van der Waals surface area contributed by atoms with Crippen molar-refractivity contribution >= 4 is 35.2 Å². The van der Waals surface area contributed by atoms with E-state index < -0.39 is 18.9 Å². The Kier molecular flexibility index (Phi) is 7.26. The van der Waals surface area contributed by atoms with Crippen LogP contribution in [0.1, 0.15) is 48.0 Å². The Morgan fingerprint density at radius 2 is 1.84 bits per heavy atom. The fraction of sp³-hybridized carbons (Fsp3) is 0.500. The predicted molar refractivity (Wildman–Crippen MR) is 143 cm³/mol. The molecule has 6 rings (SSSR count). The number of nitrogens with one attached hydrogen (secondary N) is 3. The van der Waals surface area contributed by atoms with Crippen molar-refractivity contribution in [2.45, 2.75) is 44.3 Å². The van der Waals surface area contributed by atoms with E-state index in [4.69, 9.17) is 0 Å². The first-order valence-corrected chi connectivity index (χ1v) is 15.5. The van der Waals surface area contributed by atoms with E-state index >= 15 is 0 Å². The number of rotatable bonds is 1. The highest BCUT2D eigenvalue weighted by atomic mass is 31.2. The van der Waals surface area contributed by atoms with Gasteiger partial charge in [0.15, 0.2) is 0 Å². The molecule has 1 fully saturated rings. The predicted octanol–water partition coefficient (Wildman–Crippen LogP) is 4.68. The van der Waals surface area contributed by atoms with Crippen molar-refractivity contribution in [1.29, 1.82) is 0 Å². The summed E-state index contributed by atoms with van der Waals surface area (Å²) in [6.45, 7) is 6.12. The molecule has 8 bridgehead atoms. The second-order valence-electron chi connectivity index (χ2n) is 10.5. The first kappa shape index (κ1) is 26.7. The second kappa shape index (κ2) is 10.3. The number of hydrogen-bond acceptors (Lipinski definition) is 6. The van der Waals surface area contributed by atoms with E-state index in [9.17, 15) is 22.5 Å². The third-order valence-electron chi connectivity index (χ3n) is 7.24. The minimum Gasteiger partial charge on any atom is -0.360 e. The highest BCUT2D eigenvalue weighted by molar-refractivity contribution is 7.70. The molecule has 1 saturated heterocycles. The average molecular weight is 549 g/mol. The summed E-state index contributed by atoms with van der Waals surface area (Å²) in [5.74, 6) is -0.203. The second-order valence-corrected chi connectivity index (χ2v) is 13.6. The van der Waals surface area contributed by atoms with Gasteiger partial charge in [0, 0.05) is 47.8 Å². The largest absolute Gasteiger partial charge is 0.419 e. The zero-order valence-electron chi connectivity index (χ0n) is 21.5. The maximum atomic E-state index is 14.1. The molecule has 3 N–H and O–H groups in total. The van der Waals surface area contributed by atoms with Crippen LogP contribution in [0.15, 0.2) is 24.5 Å². The van der Waals surface area contributed by atoms with Crippen molar-refractivity contribution in [3.05, 3.63) is 35.7 Å². The van der Waals surface area contributed by atoms with Crippen LogP contribution in [0, 0.1) is 0 Å². The lowest BCUT2D eigenvalue weighted by molar-refractivity contribution is -0.137. The van der Waals surface area contributed by atoms with Crippen LogP contribution < -0.4 is 15.9 Å². The van der Waals surface area contributed by atoms with Crippen LogP contribution in [0.3, 0.4) is 0 Å². The smallest absolute Gasteiger partial charge is 0.360 e. The summed E-state index contributed by atoms with van der Waals surface area (Å²) >= 11 is 0. The molecule has 38 heavy (non-hydrogen) atoms. The Hall–Kier alpha value is -2.91. The van der Waals surface area contributed by atoms with Crippen molar-refractivity contribution in [3.8, 4) is 11.3 Å². The van der Waals surface area contributed by atoms with Crippen LogP contribution in [-0.2, 0) is 10.7 Å². The molecule has 1 amide bonds. The van der Waals surface area contributed by atoms with E-state index in [1.165, 1.54) is 6.20 Å². The highest BCUT2D eigenvalue weighted by Crippen LogP contribution is 2.43. The normalized spacial score (nSPS) is 21.4. The number of carbonyl (C=O) groups is 1. The minimum atomic E-state index is -4.68. The number of carbonyl (C=O) groups excluding carboxylic acids is 1. The van der Waals surface area contributed by atoms with E-state index in [-0.39, 0.29) is 34.7 Å². The summed E-state index contributed by atoms with van der Waals surface area (Å²) in [5, 5.41) is 6.96. The standard InChI is InChI=1S/C26H32F3N6O2P/c1-38(2,37)23-18-9-8-17-19(13-31-22(17)23)21-20(26(27,28)29)14-32-25(34-21)33-16-7-3-5-11-35(15-16)12-6-4-10-30-24(18)36/h8-9,13-14,16,31H,3-7,10-12,15H2,1-2H3,(H,30,36)(H,32,33,34). The molecule has 3 aliphatic heterocycles. The SMILES string of the molecule is CP(C)(=O)c1c2ccc3c(c[nH]c13)-c1nc(ncc1C(F)(F)F)NC1CCCCN(CCCCNC2=O)C1. The Labute approximate surface area is 219 Å². The van der Waals surface area contributed by atoms with Crippen molar-refractivity contribution < 1.29 is 22.5 Å². The molecule has 3 aromatic rings. The summed E-state index contributed by atoms with van der Waals surface area (Å²) < 4.78 is 55.7. The fourth-order valence-electron chi connectivity index (χ4n) is 5.47. The quantitative estimate of drug-likeness (QED) is 0.382. The number of aromatic amines is 1. The third-order valence-corrected chi connectivity index (χ3v) is 8.78. The van der Waals surface area contributed by atoms with Gasteiger partial charge < -0.3 is 25.1 Å². The van der Waals surface area contributed by atoms with Crippen molar-refractivity contribution in [1.82, 2.24) is 25.2 Å². The van der Waals surface area contributed by atoms with Gasteiger partial charge in [0.1, 0.15) is 12.7 Å². The van der Waals surface area contributed by atoms with Gasteiger partial charge in [-0.25, -0.2) is 9.97 Å². The first-order valence-electron chi connectivity index (χ1n) is 12.9. The van der Waals surface area contributed by atoms with Gasteiger partial charge in [0.05, 0.1) is 16.8 Å². The first-order chi connectivity index (χ1) is 18.0. The number of halogens is 3. The molecule has 2 aromatic heterocycles. The van der Waals surface area contributed by atoms with Gasteiger partial charge in [0.25, 0.3) is 5.91 Å². The molecule has 0 aliphatic carbocycles. The van der Waals surface area contributed by atoms with E-state index in [0.717, 1.165) is 57.9 Å². The summed E-state index contributed by atoms with van der Waals surface area (Å²) in [4.78, 5) is 26.9. The Morgan fingerprint density at radius 3 is 2.58 bits per heavy atom. The lowest BCUT2D eigenvalue weighted by atomic mass is 10.0. The summed E-state index contributed by atoms with van der Waals surface area (Å²) in [7, 11) is -3.02. The monoisotopic (exact) mass is 548 g/mol. The number of H-pyrrole nitrogens is 1. The van der Waals surface area contributed by atoms with Gasteiger partial charge in [-0.1, -0.05) is 12.5 Å². The Morgan fingerprint density at radius 1 is 1.08 bits per heavy atom. The molecule has 1 aromatic carbocycles. The molecular formula is C26H32F3N6O2P. The van der Waals surface area contributed by atoms with Crippen molar-refractivity contribution in [3.63, 3.8) is 0 Å². The summed E-state index contributed by atoms with van der Waals surface area (Å²) in [6, 6.07) is 3.14. The summed E-state index contributed by atoms with van der Waals surface area (Å²) in [6.07, 6.45) is 2.18. The lowest BCUT2D eigenvalue weighted by Gasteiger charge is -2.25. The van der Waals surface area contributed by atoms with Crippen LogP contribution in [0.5, 0.6) is 0 Å². The molecule has 2 unspecified atom stereocenters. The number of amides is 1. The molecule has 0 spiro atoms. The fourth-order valence-corrected chi connectivity index (χ4v) is 6.95. The molecule has 204 valence electrons. The van der Waals surface area contributed by atoms with Crippen LogP contribution in [0.2, 0.25) is 0 Å². The van der Waals surface area contributed by atoms with Gasteiger partial charge in [-0.2, -0.15) is 13.2 Å². The number of nitrogens with zero attached hydrogens (tertiary/aromatic N) is 3. The van der Waals surface area contributed by atoms with Crippen LogP contribution >= 0.6 is 7.14 Å². The number of anilines is 1. The average Bonchev–Trinajstić information content (AvgIpc) is 3.14. The highest BCUT2D eigenvalue weighted by Gasteiger charge is 2.37.